The predicted octanol–water partition coefficient (Wildman–Crippen LogP) is 4.83. The minimum atomic E-state index is 0.471. The average Bonchev–Trinajstić information content (AvgIpc) is 2.33. The zero-order valence-electron chi connectivity index (χ0n) is 8.81. The van der Waals surface area contributed by atoms with Crippen molar-refractivity contribution < 1.29 is 0 Å². The van der Waals surface area contributed by atoms with Gasteiger partial charge in [-0.25, -0.2) is 0 Å². The Morgan fingerprint density at radius 2 is 1.07 bits per heavy atom. The first-order valence-corrected chi connectivity index (χ1v) is 5.91. The first kappa shape index (κ1) is 12.0. The van der Waals surface area contributed by atoms with Gasteiger partial charge in [-0.05, 0) is 12.5 Å². The maximum atomic E-state index is 3.48. The second kappa shape index (κ2) is 7.24. The maximum Gasteiger partial charge on any atom is 0.0367 e. The Morgan fingerprint density at radius 3 is 1.33 bits per heavy atom. The standard InChI is InChI=1S/C8H9Br.C6H6/c1-7(9)8-5-3-2-4-6-8;1-2-4-6-5-3-1/h2-7H,1H3;1-6H. The van der Waals surface area contributed by atoms with E-state index < -0.39 is 0 Å². The summed E-state index contributed by atoms with van der Waals surface area (Å²) in [6.07, 6.45) is 0. The van der Waals surface area contributed by atoms with Crippen molar-refractivity contribution in [3.63, 3.8) is 0 Å². The van der Waals surface area contributed by atoms with Crippen molar-refractivity contribution in [2.24, 2.45) is 0 Å². The first-order chi connectivity index (χ1) is 7.30. The molecule has 1 heteroatoms. The van der Waals surface area contributed by atoms with Gasteiger partial charge in [0.15, 0.2) is 0 Å². The lowest BCUT2D eigenvalue weighted by atomic mass is 10.2. The lowest BCUT2D eigenvalue weighted by Crippen LogP contribution is -1.79. The highest BCUT2D eigenvalue weighted by Gasteiger charge is 1.95. The molecule has 0 aliphatic rings. The van der Waals surface area contributed by atoms with Crippen molar-refractivity contribution in [3.8, 4) is 0 Å². The van der Waals surface area contributed by atoms with E-state index in [2.05, 4.69) is 35.0 Å². The van der Waals surface area contributed by atoms with Gasteiger partial charge in [0.1, 0.15) is 0 Å². The van der Waals surface area contributed by atoms with Gasteiger partial charge in [0.05, 0.1) is 0 Å². The van der Waals surface area contributed by atoms with Crippen LogP contribution < -0.4 is 0 Å². The first-order valence-electron chi connectivity index (χ1n) is 4.99. The largest absolute Gasteiger partial charge is 0.0842 e. The normalized spacial score (nSPS) is 11.1. The molecule has 0 bridgehead atoms. The summed E-state index contributed by atoms with van der Waals surface area (Å²) < 4.78 is 0. The van der Waals surface area contributed by atoms with Gasteiger partial charge in [0.25, 0.3) is 0 Å². The molecule has 0 aliphatic carbocycles. The van der Waals surface area contributed by atoms with Gasteiger partial charge < -0.3 is 0 Å². The molecule has 0 saturated carbocycles. The van der Waals surface area contributed by atoms with Crippen LogP contribution in [0, 0.1) is 0 Å². The SMILES string of the molecule is CC(Br)c1ccccc1.c1ccccc1. The molecule has 2 aromatic carbocycles. The van der Waals surface area contributed by atoms with E-state index in [0.29, 0.717) is 4.83 Å². The summed E-state index contributed by atoms with van der Waals surface area (Å²) in [6, 6.07) is 22.3. The molecule has 0 aliphatic heterocycles. The van der Waals surface area contributed by atoms with Crippen LogP contribution in [0.15, 0.2) is 66.7 Å². The fourth-order valence-corrected chi connectivity index (χ4v) is 1.41. The molecular weight excluding hydrogens is 248 g/mol. The number of benzene rings is 2. The van der Waals surface area contributed by atoms with E-state index in [-0.39, 0.29) is 0 Å². The minimum Gasteiger partial charge on any atom is -0.0842 e. The Morgan fingerprint density at radius 1 is 0.733 bits per heavy atom. The number of halogens is 1. The number of rotatable bonds is 1. The Kier molecular flexibility index (Phi) is 5.79. The van der Waals surface area contributed by atoms with Crippen LogP contribution in [0.4, 0.5) is 0 Å². The molecule has 0 N–H and O–H groups in total. The second-order valence-corrected chi connectivity index (χ2v) is 4.55. The van der Waals surface area contributed by atoms with E-state index in [0.717, 1.165) is 0 Å². The monoisotopic (exact) mass is 262 g/mol. The van der Waals surface area contributed by atoms with Crippen LogP contribution in [-0.2, 0) is 0 Å². The maximum absolute atomic E-state index is 3.48. The molecular formula is C14H15Br. The molecule has 0 amide bonds. The summed E-state index contributed by atoms with van der Waals surface area (Å²) in [5.41, 5.74) is 1.33. The summed E-state index contributed by atoms with van der Waals surface area (Å²) in [6.45, 7) is 2.12. The van der Waals surface area contributed by atoms with Crippen molar-refractivity contribution in [1.82, 2.24) is 0 Å². The molecule has 0 nitrogen and oxygen atoms in total. The van der Waals surface area contributed by atoms with Crippen molar-refractivity contribution in [2.75, 3.05) is 0 Å². The van der Waals surface area contributed by atoms with Crippen molar-refractivity contribution in [3.05, 3.63) is 72.3 Å². The molecule has 0 saturated heterocycles. The molecule has 15 heavy (non-hydrogen) atoms. The Bertz CT molecular complexity index is 314. The lowest BCUT2D eigenvalue weighted by Gasteiger charge is -1.99. The molecule has 0 spiro atoms. The van der Waals surface area contributed by atoms with Crippen LogP contribution in [-0.4, -0.2) is 0 Å². The third-order valence-electron chi connectivity index (χ3n) is 1.93. The van der Waals surface area contributed by atoms with E-state index in [1.54, 1.807) is 0 Å². The van der Waals surface area contributed by atoms with E-state index in [1.165, 1.54) is 5.56 Å². The van der Waals surface area contributed by atoms with Crippen LogP contribution in [0.5, 0.6) is 0 Å². The molecule has 0 heterocycles. The molecule has 1 unspecified atom stereocenters. The molecule has 2 aromatic rings. The average molecular weight is 263 g/mol. The smallest absolute Gasteiger partial charge is 0.0367 e. The minimum absolute atomic E-state index is 0.471. The predicted molar refractivity (Wildman–Crippen MR) is 70.2 cm³/mol. The molecule has 0 aromatic heterocycles. The topological polar surface area (TPSA) is 0 Å². The highest BCUT2D eigenvalue weighted by Crippen LogP contribution is 2.19. The molecule has 78 valence electrons. The van der Waals surface area contributed by atoms with Crippen molar-refractivity contribution in [1.29, 1.82) is 0 Å². The molecule has 1 atom stereocenters. The summed E-state index contributed by atoms with van der Waals surface area (Å²) in [5, 5.41) is 0. The molecule has 0 fully saturated rings. The summed E-state index contributed by atoms with van der Waals surface area (Å²) in [5.74, 6) is 0. The van der Waals surface area contributed by atoms with Crippen LogP contribution in [0.2, 0.25) is 0 Å². The van der Waals surface area contributed by atoms with Crippen molar-refractivity contribution >= 4 is 15.9 Å². The van der Waals surface area contributed by atoms with Crippen LogP contribution in [0.25, 0.3) is 0 Å². The number of alkyl halides is 1. The van der Waals surface area contributed by atoms with Gasteiger partial charge in [-0.1, -0.05) is 82.7 Å². The molecule has 0 radical (unpaired) electrons. The summed E-state index contributed by atoms with van der Waals surface area (Å²) in [4.78, 5) is 0.471. The highest BCUT2D eigenvalue weighted by molar-refractivity contribution is 9.09. The number of hydrogen-bond donors (Lipinski definition) is 0. The number of hydrogen-bond acceptors (Lipinski definition) is 0. The van der Waals surface area contributed by atoms with Gasteiger partial charge in [-0.15, -0.1) is 0 Å². The van der Waals surface area contributed by atoms with Gasteiger partial charge in [-0.3, -0.25) is 0 Å². The summed E-state index contributed by atoms with van der Waals surface area (Å²) in [7, 11) is 0. The van der Waals surface area contributed by atoms with Crippen LogP contribution in [0.3, 0.4) is 0 Å². The second-order valence-electron chi connectivity index (χ2n) is 3.18. The van der Waals surface area contributed by atoms with E-state index in [1.807, 2.05) is 54.6 Å². The Balaban J connectivity index is 0.000000162. The van der Waals surface area contributed by atoms with E-state index in [9.17, 15) is 0 Å². The van der Waals surface area contributed by atoms with Crippen molar-refractivity contribution in [2.45, 2.75) is 11.8 Å². The van der Waals surface area contributed by atoms with Gasteiger partial charge in [0.2, 0.25) is 0 Å². The third-order valence-corrected chi connectivity index (χ3v) is 2.45. The highest BCUT2D eigenvalue weighted by atomic mass is 79.9. The fourth-order valence-electron chi connectivity index (χ4n) is 1.10. The van der Waals surface area contributed by atoms with Gasteiger partial charge in [-0.2, -0.15) is 0 Å². The van der Waals surface area contributed by atoms with Gasteiger partial charge >= 0.3 is 0 Å². The quantitative estimate of drug-likeness (QED) is 0.646. The van der Waals surface area contributed by atoms with E-state index in [4.69, 9.17) is 0 Å². The Hall–Kier alpha value is -1.08. The molecule has 2 rings (SSSR count). The van der Waals surface area contributed by atoms with E-state index >= 15 is 0 Å². The zero-order chi connectivity index (χ0) is 10.9. The zero-order valence-corrected chi connectivity index (χ0v) is 10.4. The van der Waals surface area contributed by atoms with Gasteiger partial charge in [0, 0.05) is 4.83 Å². The van der Waals surface area contributed by atoms with Crippen LogP contribution in [0.1, 0.15) is 17.3 Å². The fraction of sp³-hybridized carbons (Fsp3) is 0.143. The van der Waals surface area contributed by atoms with Crippen LogP contribution >= 0.6 is 15.9 Å². The lowest BCUT2D eigenvalue weighted by molar-refractivity contribution is 1.12. The Labute approximate surface area is 100 Å². The summed E-state index contributed by atoms with van der Waals surface area (Å²) >= 11 is 3.48. The third kappa shape index (κ3) is 5.38.